The SMILES string of the molecule is CN1CCN(c2c(F)cc3c(=O)c(C(=O)O[Si](C)(C)C)cn(CCF)c3c2F)CC1. The molecule has 1 fully saturated rings. The molecule has 0 amide bonds. The predicted molar refractivity (Wildman–Crippen MR) is 113 cm³/mol. The van der Waals surface area contributed by atoms with Crippen molar-refractivity contribution in [1.82, 2.24) is 9.47 Å². The fraction of sp³-hybridized carbons (Fsp3) is 0.500. The summed E-state index contributed by atoms with van der Waals surface area (Å²) in [5.74, 6) is -2.67. The Bertz CT molecular complexity index is 1030. The number of anilines is 1. The lowest BCUT2D eigenvalue weighted by Gasteiger charge is -2.34. The van der Waals surface area contributed by atoms with Crippen molar-refractivity contribution in [2.45, 2.75) is 26.2 Å². The molecular weight excluding hydrogens is 415 g/mol. The van der Waals surface area contributed by atoms with Gasteiger partial charge in [-0.15, -0.1) is 0 Å². The van der Waals surface area contributed by atoms with Crippen LogP contribution in [-0.4, -0.2) is 63.7 Å². The summed E-state index contributed by atoms with van der Waals surface area (Å²) in [6.45, 7) is 6.30. The molecule has 0 aliphatic carbocycles. The average molecular weight is 442 g/mol. The number of carbonyl (C=O) groups is 1. The van der Waals surface area contributed by atoms with Crippen LogP contribution >= 0.6 is 0 Å². The first-order chi connectivity index (χ1) is 14.0. The molecule has 3 rings (SSSR count). The summed E-state index contributed by atoms with van der Waals surface area (Å²) in [5.41, 5.74) is -1.63. The summed E-state index contributed by atoms with van der Waals surface area (Å²) in [6, 6.07) is 0.939. The third kappa shape index (κ3) is 4.39. The molecule has 0 radical (unpaired) electrons. The summed E-state index contributed by atoms with van der Waals surface area (Å²) in [7, 11) is -0.398. The predicted octanol–water partition coefficient (Wildman–Crippen LogP) is 2.99. The fourth-order valence-electron chi connectivity index (χ4n) is 3.54. The number of piperazine rings is 1. The molecule has 30 heavy (non-hydrogen) atoms. The molecule has 0 saturated carbocycles. The zero-order chi connectivity index (χ0) is 22.2. The zero-order valence-electron chi connectivity index (χ0n) is 17.6. The summed E-state index contributed by atoms with van der Waals surface area (Å²) >= 11 is 0. The monoisotopic (exact) mass is 441 g/mol. The Hall–Kier alpha value is -2.33. The summed E-state index contributed by atoms with van der Waals surface area (Å²) in [6.07, 6.45) is 1.11. The molecule has 0 N–H and O–H groups in total. The Kier molecular flexibility index (Phi) is 6.28. The maximum absolute atomic E-state index is 15.5. The van der Waals surface area contributed by atoms with Gasteiger partial charge in [-0.3, -0.25) is 4.79 Å². The van der Waals surface area contributed by atoms with Gasteiger partial charge in [0.15, 0.2) is 5.82 Å². The lowest BCUT2D eigenvalue weighted by molar-refractivity contribution is 0.0722. The molecule has 0 spiro atoms. The van der Waals surface area contributed by atoms with Gasteiger partial charge >= 0.3 is 5.97 Å². The van der Waals surface area contributed by atoms with Gasteiger partial charge in [-0.1, -0.05) is 0 Å². The molecule has 164 valence electrons. The van der Waals surface area contributed by atoms with Crippen LogP contribution in [-0.2, 0) is 11.0 Å². The van der Waals surface area contributed by atoms with Gasteiger partial charge in [0.25, 0.3) is 0 Å². The minimum atomic E-state index is -2.32. The molecule has 10 heteroatoms. The van der Waals surface area contributed by atoms with Crippen LogP contribution in [0, 0.1) is 11.6 Å². The molecule has 0 unspecified atom stereocenters. The number of halogens is 3. The van der Waals surface area contributed by atoms with Crippen LogP contribution < -0.4 is 10.3 Å². The Morgan fingerprint density at radius 3 is 2.37 bits per heavy atom. The van der Waals surface area contributed by atoms with E-state index in [-0.39, 0.29) is 28.7 Å². The van der Waals surface area contributed by atoms with Crippen molar-refractivity contribution in [3.63, 3.8) is 0 Å². The largest absolute Gasteiger partial charge is 0.516 e. The molecule has 2 heterocycles. The van der Waals surface area contributed by atoms with E-state index in [1.807, 2.05) is 11.9 Å². The van der Waals surface area contributed by atoms with E-state index in [4.69, 9.17) is 4.43 Å². The van der Waals surface area contributed by atoms with Crippen LogP contribution in [0.5, 0.6) is 0 Å². The Morgan fingerprint density at radius 2 is 1.80 bits per heavy atom. The number of hydrogen-bond acceptors (Lipinski definition) is 5. The van der Waals surface area contributed by atoms with Crippen LogP contribution in [0.15, 0.2) is 17.1 Å². The molecule has 1 aromatic carbocycles. The van der Waals surface area contributed by atoms with Crippen LogP contribution in [0.25, 0.3) is 10.9 Å². The van der Waals surface area contributed by atoms with E-state index < -0.39 is 38.0 Å². The number of nitrogens with zero attached hydrogens (tertiary/aromatic N) is 3. The minimum absolute atomic E-state index is 0.211. The summed E-state index contributed by atoms with van der Waals surface area (Å²) in [4.78, 5) is 29.0. The van der Waals surface area contributed by atoms with Gasteiger partial charge in [0.05, 0.1) is 17.4 Å². The van der Waals surface area contributed by atoms with Crippen LogP contribution in [0.4, 0.5) is 18.9 Å². The minimum Gasteiger partial charge on any atom is -0.516 e. The molecule has 1 aromatic heterocycles. The molecule has 0 atom stereocenters. The average Bonchev–Trinajstić information content (AvgIpc) is 2.64. The summed E-state index contributed by atoms with van der Waals surface area (Å²) < 4.78 is 50.2. The fourth-order valence-corrected chi connectivity index (χ4v) is 4.21. The number of aromatic nitrogens is 1. The van der Waals surface area contributed by atoms with E-state index in [1.54, 1.807) is 24.5 Å². The smallest absolute Gasteiger partial charge is 0.330 e. The number of aryl methyl sites for hydroxylation is 1. The van der Waals surface area contributed by atoms with E-state index in [0.29, 0.717) is 26.2 Å². The van der Waals surface area contributed by atoms with E-state index >= 15 is 4.39 Å². The highest BCUT2D eigenvalue weighted by Crippen LogP contribution is 2.31. The van der Waals surface area contributed by atoms with Crippen LogP contribution in [0.2, 0.25) is 19.6 Å². The van der Waals surface area contributed by atoms with Crippen molar-refractivity contribution in [3.05, 3.63) is 39.7 Å². The van der Waals surface area contributed by atoms with Crippen molar-refractivity contribution in [2.24, 2.45) is 0 Å². The highest BCUT2D eigenvalue weighted by atomic mass is 28.4. The van der Waals surface area contributed by atoms with Gasteiger partial charge < -0.3 is 18.8 Å². The number of hydrogen-bond donors (Lipinski definition) is 0. The van der Waals surface area contributed by atoms with Gasteiger partial charge in [-0.05, 0) is 32.8 Å². The van der Waals surface area contributed by atoms with E-state index in [9.17, 15) is 18.4 Å². The van der Waals surface area contributed by atoms with Gasteiger partial charge in [0.1, 0.15) is 23.7 Å². The number of fused-ring (bicyclic) bond motifs is 1. The number of benzene rings is 1. The molecule has 1 aliphatic heterocycles. The van der Waals surface area contributed by atoms with Crippen LogP contribution in [0.3, 0.4) is 0 Å². The Labute approximate surface area is 174 Å². The molecular formula is C20H26F3N3O3Si. The van der Waals surface area contributed by atoms with Crippen molar-refractivity contribution in [2.75, 3.05) is 44.8 Å². The van der Waals surface area contributed by atoms with Crippen molar-refractivity contribution < 1.29 is 22.4 Å². The first-order valence-corrected chi connectivity index (χ1v) is 13.2. The normalized spacial score (nSPS) is 15.6. The molecule has 0 bridgehead atoms. The second kappa shape index (κ2) is 8.42. The first kappa shape index (κ1) is 22.4. The molecule has 2 aromatic rings. The second-order valence-electron chi connectivity index (χ2n) is 8.46. The third-order valence-electron chi connectivity index (χ3n) is 4.99. The van der Waals surface area contributed by atoms with Crippen LogP contribution in [0.1, 0.15) is 10.4 Å². The lowest BCUT2D eigenvalue weighted by atomic mass is 10.1. The van der Waals surface area contributed by atoms with Gasteiger partial charge in [-0.25, -0.2) is 18.0 Å². The van der Waals surface area contributed by atoms with Crippen molar-refractivity contribution in [1.29, 1.82) is 0 Å². The Morgan fingerprint density at radius 1 is 1.17 bits per heavy atom. The quantitative estimate of drug-likeness (QED) is 0.668. The zero-order valence-corrected chi connectivity index (χ0v) is 18.6. The van der Waals surface area contributed by atoms with E-state index in [1.165, 1.54) is 0 Å². The number of likely N-dealkylation sites (N-methyl/N-ethyl adjacent to an activating group) is 1. The number of rotatable bonds is 5. The van der Waals surface area contributed by atoms with E-state index in [2.05, 4.69) is 0 Å². The van der Waals surface area contributed by atoms with Crippen molar-refractivity contribution >= 4 is 30.9 Å². The van der Waals surface area contributed by atoms with Crippen molar-refractivity contribution in [3.8, 4) is 0 Å². The Balaban J connectivity index is 2.21. The number of alkyl halides is 1. The van der Waals surface area contributed by atoms with E-state index in [0.717, 1.165) is 16.8 Å². The highest BCUT2D eigenvalue weighted by molar-refractivity contribution is 6.71. The molecule has 6 nitrogen and oxygen atoms in total. The maximum atomic E-state index is 15.5. The second-order valence-corrected chi connectivity index (χ2v) is 12.9. The maximum Gasteiger partial charge on any atom is 0.330 e. The topological polar surface area (TPSA) is 54.8 Å². The number of carbonyl (C=O) groups excluding carboxylic acids is 1. The third-order valence-corrected chi connectivity index (χ3v) is 5.79. The molecule has 1 saturated heterocycles. The first-order valence-electron chi connectivity index (χ1n) is 9.81. The van der Waals surface area contributed by atoms with Gasteiger partial charge in [0.2, 0.25) is 13.7 Å². The number of pyridine rings is 1. The van der Waals surface area contributed by atoms with Gasteiger partial charge in [-0.2, -0.15) is 0 Å². The highest BCUT2D eigenvalue weighted by Gasteiger charge is 2.28. The molecule has 1 aliphatic rings. The lowest BCUT2D eigenvalue weighted by Crippen LogP contribution is -2.45. The summed E-state index contributed by atoms with van der Waals surface area (Å²) in [5, 5.41) is -0.304. The van der Waals surface area contributed by atoms with Gasteiger partial charge in [0, 0.05) is 32.4 Å². The standard InChI is InChI=1S/C20H26F3N3O3Si/c1-24-7-9-25(10-8-24)18-15(22)11-13-17(16(18)23)26(6-5-21)12-14(19(13)27)20(28)29-30(2,3)4/h11-12H,5-10H2,1-4H3.